The van der Waals surface area contributed by atoms with E-state index in [2.05, 4.69) is 10.9 Å². The van der Waals surface area contributed by atoms with Gasteiger partial charge >= 0.3 is 0 Å². The Labute approximate surface area is 195 Å². The monoisotopic (exact) mass is 451 g/mol. The number of carbonyl (C=O) groups is 1. The Morgan fingerprint density at radius 3 is 2.67 bits per heavy atom. The van der Waals surface area contributed by atoms with Crippen LogP contribution in [0.25, 0.3) is 6.08 Å². The summed E-state index contributed by atoms with van der Waals surface area (Å²) in [5.74, 6) is 0.917. The van der Waals surface area contributed by atoms with Crippen LogP contribution in [0.1, 0.15) is 44.2 Å². The molecule has 33 heavy (non-hydrogen) atoms. The third kappa shape index (κ3) is 6.43. The molecule has 7 heteroatoms. The molecule has 0 unspecified atom stereocenters. The molecule has 2 aromatic rings. The highest BCUT2D eigenvalue weighted by molar-refractivity contribution is 6.00. The molecule has 1 heterocycles. The normalized spacial score (nSPS) is 19.8. The summed E-state index contributed by atoms with van der Waals surface area (Å²) in [5, 5.41) is 8.89. The molecule has 0 bridgehead atoms. The zero-order valence-corrected chi connectivity index (χ0v) is 19.3. The molecular formula is C26H33N3O4. The van der Waals surface area contributed by atoms with E-state index < -0.39 is 11.6 Å². The van der Waals surface area contributed by atoms with Gasteiger partial charge < -0.3 is 14.6 Å². The molecule has 0 fully saturated rings. The largest absolute Gasteiger partial charge is 0.494 e. The summed E-state index contributed by atoms with van der Waals surface area (Å²) in [6, 6.07) is 17.4. The van der Waals surface area contributed by atoms with E-state index in [9.17, 15) is 4.79 Å². The lowest BCUT2D eigenvalue weighted by atomic mass is 9.89. The second-order valence-corrected chi connectivity index (χ2v) is 7.95. The first-order valence-corrected chi connectivity index (χ1v) is 11.4. The smallest absolute Gasteiger partial charge is 0.266 e. The molecule has 0 saturated carbocycles. The number of aliphatic hydroxyl groups excluding tert-OH is 1. The standard InChI is InChI=1S/C26H33N3O4/c1-3-17-27-29-25(31)26(16-7-11-21-9-5-4-6-10-21)20(2)33-24(28-26)22-12-14-23(15-13-22)32-19-8-18-30/h4-7,9-15,20,27,30H,3,8,16-19H2,1-2H3,(H,29,31)/b11-7+/t20-,26-/m0/s1. The van der Waals surface area contributed by atoms with Crippen LogP contribution in [0.3, 0.4) is 0 Å². The maximum absolute atomic E-state index is 13.2. The molecule has 3 rings (SSSR count). The molecule has 0 aliphatic carbocycles. The van der Waals surface area contributed by atoms with Crippen molar-refractivity contribution in [1.82, 2.24) is 10.9 Å². The molecule has 0 saturated heterocycles. The molecule has 1 amide bonds. The van der Waals surface area contributed by atoms with Gasteiger partial charge in [-0.25, -0.2) is 10.4 Å². The van der Waals surface area contributed by atoms with Gasteiger partial charge in [0.05, 0.1) is 6.61 Å². The lowest BCUT2D eigenvalue weighted by molar-refractivity contribution is -0.129. The van der Waals surface area contributed by atoms with Gasteiger partial charge in [0.25, 0.3) is 5.91 Å². The Kier molecular flexibility index (Phi) is 9.04. The molecule has 1 aliphatic heterocycles. The molecule has 3 N–H and O–H groups in total. The van der Waals surface area contributed by atoms with E-state index in [1.807, 2.05) is 80.6 Å². The zero-order valence-electron chi connectivity index (χ0n) is 19.3. The van der Waals surface area contributed by atoms with E-state index in [-0.39, 0.29) is 12.5 Å². The van der Waals surface area contributed by atoms with Gasteiger partial charge in [-0.05, 0) is 43.2 Å². The van der Waals surface area contributed by atoms with Gasteiger partial charge in [-0.1, -0.05) is 49.4 Å². The third-order valence-corrected chi connectivity index (χ3v) is 5.44. The van der Waals surface area contributed by atoms with Crippen LogP contribution in [0.15, 0.2) is 65.7 Å². The molecule has 0 aromatic heterocycles. The van der Waals surface area contributed by atoms with E-state index in [4.69, 9.17) is 19.6 Å². The summed E-state index contributed by atoms with van der Waals surface area (Å²) in [4.78, 5) is 18.0. The number of nitrogens with one attached hydrogen (secondary N) is 2. The molecule has 0 radical (unpaired) electrons. The summed E-state index contributed by atoms with van der Waals surface area (Å²) in [6.07, 6.45) is 5.39. The van der Waals surface area contributed by atoms with Gasteiger partial charge in [0.2, 0.25) is 5.90 Å². The molecule has 2 aromatic carbocycles. The number of rotatable bonds is 12. The Morgan fingerprint density at radius 1 is 1.21 bits per heavy atom. The number of hydrazine groups is 1. The lowest BCUT2D eigenvalue weighted by Crippen LogP contribution is -2.54. The van der Waals surface area contributed by atoms with Gasteiger partial charge in [-0.2, -0.15) is 0 Å². The first-order valence-electron chi connectivity index (χ1n) is 11.4. The fraction of sp³-hybridized carbons (Fsp3) is 0.385. The molecule has 176 valence electrons. The quantitative estimate of drug-likeness (QED) is 0.339. The molecule has 0 spiro atoms. The van der Waals surface area contributed by atoms with Crippen molar-refractivity contribution in [2.24, 2.45) is 4.99 Å². The van der Waals surface area contributed by atoms with Crippen LogP contribution >= 0.6 is 0 Å². The highest BCUT2D eigenvalue weighted by Gasteiger charge is 2.49. The zero-order chi connectivity index (χ0) is 23.5. The molecule has 7 nitrogen and oxygen atoms in total. The van der Waals surface area contributed by atoms with E-state index >= 15 is 0 Å². The first kappa shape index (κ1) is 24.5. The van der Waals surface area contributed by atoms with E-state index in [0.29, 0.717) is 37.6 Å². The van der Waals surface area contributed by atoms with Crippen LogP contribution < -0.4 is 15.6 Å². The Balaban J connectivity index is 1.81. The second kappa shape index (κ2) is 12.2. The number of hydrogen-bond donors (Lipinski definition) is 3. The van der Waals surface area contributed by atoms with Crippen LogP contribution in [0, 0.1) is 0 Å². The van der Waals surface area contributed by atoms with Crippen molar-refractivity contribution in [2.45, 2.75) is 44.8 Å². The Morgan fingerprint density at radius 2 is 1.97 bits per heavy atom. The Hall–Kier alpha value is -3.16. The molecule has 1 aliphatic rings. The number of nitrogens with zero attached hydrogens (tertiary/aromatic N) is 1. The molecular weight excluding hydrogens is 418 g/mol. The number of hydrogen-bond acceptors (Lipinski definition) is 6. The number of amides is 1. The number of aliphatic imine (C=N–C) groups is 1. The SMILES string of the molecule is CCCNNC(=O)[C@@]1(C/C=C/c2ccccc2)N=C(c2ccc(OCCCO)cc2)O[C@H]1C. The van der Waals surface area contributed by atoms with Crippen molar-refractivity contribution in [3.8, 4) is 5.75 Å². The number of ether oxygens (including phenoxy) is 2. The summed E-state index contributed by atoms with van der Waals surface area (Å²) in [6.45, 7) is 5.12. The van der Waals surface area contributed by atoms with Crippen molar-refractivity contribution >= 4 is 17.9 Å². The summed E-state index contributed by atoms with van der Waals surface area (Å²) in [5.41, 5.74) is 6.53. The van der Waals surface area contributed by atoms with Crippen molar-refractivity contribution in [2.75, 3.05) is 19.8 Å². The van der Waals surface area contributed by atoms with E-state index in [1.165, 1.54) is 0 Å². The topological polar surface area (TPSA) is 92.2 Å². The minimum atomic E-state index is -1.09. The summed E-state index contributed by atoms with van der Waals surface area (Å²) < 4.78 is 11.7. The fourth-order valence-corrected chi connectivity index (χ4v) is 3.50. The van der Waals surface area contributed by atoms with Crippen LogP contribution in [-0.4, -0.2) is 48.3 Å². The number of carbonyl (C=O) groups excluding carboxylic acids is 1. The average Bonchev–Trinajstić information content (AvgIpc) is 3.18. The third-order valence-electron chi connectivity index (χ3n) is 5.44. The van der Waals surface area contributed by atoms with Crippen molar-refractivity contribution in [3.63, 3.8) is 0 Å². The fourth-order valence-electron chi connectivity index (χ4n) is 3.50. The maximum atomic E-state index is 13.2. The van der Waals surface area contributed by atoms with E-state index in [1.54, 1.807) is 0 Å². The predicted molar refractivity (Wildman–Crippen MR) is 130 cm³/mol. The van der Waals surface area contributed by atoms with Gasteiger partial charge in [0.15, 0.2) is 5.54 Å². The van der Waals surface area contributed by atoms with Crippen LogP contribution in [0.2, 0.25) is 0 Å². The Bertz CT molecular complexity index is 944. The second-order valence-electron chi connectivity index (χ2n) is 7.95. The van der Waals surface area contributed by atoms with Gasteiger partial charge in [-0.15, -0.1) is 0 Å². The lowest BCUT2D eigenvalue weighted by Gasteiger charge is -2.27. The summed E-state index contributed by atoms with van der Waals surface area (Å²) >= 11 is 0. The van der Waals surface area contributed by atoms with Gasteiger partial charge in [-0.3, -0.25) is 10.2 Å². The van der Waals surface area contributed by atoms with Crippen LogP contribution in [0.4, 0.5) is 0 Å². The van der Waals surface area contributed by atoms with Gasteiger partial charge in [0.1, 0.15) is 11.9 Å². The highest BCUT2D eigenvalue weighted by atomic mass is 16.5. The van der Waals surface area contributed by atoms with Crippen LogP contribution in [-0.2, 0) is 9.53 Å². The van der Waals surface area contributed by atoms with Crippen molar-refractivity contribution in [3.05, 3.63) is 71.8 Å². The summed E-state index contributed by atoms with van der Waals surface area (Å²) in [7, 11) is 0. The minimum Gasteiger partial charge on any atom is -0.494 e. The number of aliphatic hydroxyl groups is 1. The maximum Gasteiger partial charge on any atom is 0.266 e. The van der Waals surface area contributed by atoms with Crippen LogP contribution in [0.5, 0.6) is 5.75 Å². The average molecular weight is 452 g/mol. The number of benzene rings is 2. The van der Waals surface area contributed by atoms with Gasteiger partial charge in [0, 0.05) is 31.6 Å². The van der Waals surface area contributed by atoms with E-state index in [0.717, 1.165) is 17.5 Å². The van der Waals surface area contributed by atoms with Crippen molar-refractivity contribution < 1.29 is 19.4 Å². The minimum absolute atomic E-state index is 0.0938. The van der Waals surface area contributed by atoms with Crippen molar-refractivity contribution in [1.29, 1.82) is 0 Å². The predicted octanol–water partition coefficient (Wildman–Crippen LogP) is 3.49. The molecule has 2 atom stereocenters. The highest BCUT2D eigenvalue weighted by Crippen LogP contribution is 2.33. The first-order chi connectivity index (χ1) is 16.1.